The van der Waals surface area contributed by atoms with Crippen molar-refractivity contribution in [1.82, 2.24) is 5.32 Å². The average Bonchev–Trinajstić information content (AvgIpc) is 2.90. The number of carbonyl (C=O) groups excluding carboxylic acids is 1. The van der Waals surface area contributed by atoms with Crippen molar-refractivity contribution < 1.29 is 14.3 Å². The summed E-state index contributed by atoms with van der Waals surface area (Å²) in [6.45, 7) is 0.231. The van der Waals surface area contributed by atoms with Crippen LogP contribution < -0.4 is 5.32 Å². The van der Waals surface area contributed by atoms with E-state index in [4.69, 9.17) is 4.42 Å². The van der Waals surface area contributed by atoms with Gasteiger partial charge >= 0.3 is 0 Å². The number of rotatable bonds is 6. The second-order valence-electron chi connectivity index (χ2n) is 4.53. The standard InChI is InChI=1S/C15H16BrNO3/c16-14-8-12(10-20-14)15(19)17-9-13(18)7-6-11-4-2-1-3-5-11/h1-5,8,10,13,18H,6-7,9H2,(H,17,19)/t13-/m0/s1. The van der Waals surface area contributed by atoms with Crippen LogP contribution in [0, 0.1) is 0 Å². The number of nitrogens with one attached hydrogen (secondary N) is 1. The first-order chi connectivity index (χ1) is 9.65. The number of aliphatic hydroxyl groups is 1. The number of aryl methyl sites for hydroxylation is 1. The maximum Gasteiger partial charge on any atom is 0.254 e. The first kappa shape index (κ1) is 14.8. The molecule has 2 N–H and O–H groups in total. The second-order valence-corrected chi connectivity index (χ2v) is 5.31. The van der Waals surface area contributed by atoms with E-state index in [1.807, 2.05) is 30.3 Å². The van der Waals surface area contributed by atoms with Crippen molar-refractivity contribution >= 4 is 21.8 Å². The van der Waals surface area contributed by atoms with Gasteiger partial charge in [-0.25, -0.2) is 0 Å². The molecule has 1 amide bonds. The van der Waals surface area contributed by atoms with Gasteiger partial charge < -0.3 is 14.8 Å². The molecule has 4 nitrogen and oxygen atoms in total. The van der Waals surface area contributed by atoms with Crippen molar-refractivity contribution in [3.8, 4) is 0 Å². The number of furan rings is 1. The van der Waals surface area contributed by atoms with E-state index in [2.05, 4.69) is 21.2 Å². The monoisotopic (exact) mass is 337 g/mol. The van der Waals surface area contributed by atoms with Gasteiger partial charge in [0.2, 0.25) is 0 Å². The first-order valence-corrected chi connectivity index (χ1v) is 7.18. The predicted octanol–water partition coefficient (Wildman–Crippen LogP) is 2.77. The zero-order valence-corrected chi connectivity index (χ0v) is 12.5. The van der Waals surface area contributed by atoms with Gasteiger partial charge in [-0.2, -0.15) is 0 Å². The van der Waals surface area contributed by atoms with Crippen molar-refractivity contribution in [3.63, 3.8) is 0 Å². The Balaban J connectivity index is 1.72. The Labute approximate surface area is 125 Å². The summed E-state index contributed by atoms with van der Waals surface area (Å²) in [4.78, 5) is 11.7. The molecule has 0 unspecified atom stereocenters. The van der Waals surface area contributed by atoms with Gasteiger partial charge in [0.05, 0.1) is 11.7 Å². The van der Waals surface area contributed by atoms with Crippen LogP contribution in [0.3, 0.4) is 0 Å². The molecule has 0 radical (unpaired) electrons. The smallest absolute Gasteiger partial charge is 0.254 e. The quantitative estimate of drug-likeness (QED) is 0.851. The van der Waals surface area contributed by atoms with Crippen LogP contribution in [-0.2, 0) is 6.42 Å². The molecule has 1 heterocycles. The molecule has 0 aliphatic rings. The highest BCUT2D eigenvalue weighted by Crippen LogP contribution is 2.13. The summed E-state index contributed by atoms with van der Waals surface area (Å²) in [6, 6.07) is 11.5. The SMILES string of the molecule is O=C(NC[C@@H](O)CCc1ccccc1)c1coc(Br)c1. The third-order valence-corrected chi connectivity index (χ3v) is 3.35. The molecule has 0 spiro atoms. The van der Waals surface area contributed by atoms with Crippen LogP contribution in [0.1, 0.15) is 22.3 Å². The maximum absolute atomic E-state index is 11.7. The van der Waals surface area contributed by atoms with Crippen LogP contribution in [0.15, 0.2) is 51.7 Å². The Morgan fingerprint density at radius 2 is 2.10 bits per heavy atom. The summed E-state index contributed by atoms with van der Waals surface area (Å²) in [5.74, 6) is -0.252. The van der Waals surface area contributed by atoms with Crippen LogP contribution in [-0.4, -0.2) is 23.7 Å². The van der Waals surface area contributed by atoms with E-state index in [-0.39, 0.29) is 12.5 Å². The van der Waals surface area contributed by atoms with E-state index < -0.39 is 6.10 Å². The van der Waals surface area contributed by atoms with E-state index in [1.54, 1.807) is 6.07 Å². The number of benzene rings is 1. The first-order valence-electron chi connectivity index (χ1n) is 6.39. The highest BCUT2D eigenvalue weighted by Gasteiger charge is 2.11. The number of hydrogen-bond donors (Lipinski definition) is 2. The molecule has 5 heteroatoms. The van der Waals surface area contributed by atoms with Crippen LogP contribution in [0.5, 0.6) is 0 Å². The van der Waals surface area contributed by atoms with Crippen LogP contribution in [0.2, 0.25) is 0 Å². The van der Waals surface area contributed by atoms with Gasteiger partial charge in [0.1, 0.15) is 6.26 Å². The van der Waals surface area contributed by atoms with Gasteiger partial charge in [-0.15, -0.1) is 0 Å². The predicted molar refractivity (Wildman–Crippen MR) is 79.5 cm³/mol. The molecule has 1 aromatic carbocycles. The van der Waals surface area contributed by atoms with E-state index >= 15 is 0 Å². The summed E-state index contributed by atoms with van der Waals surface area (Å²) in [7, 11) is 0. The number of aliphatic hydroxyl groups excluding tert-OH is 1. The topological polar surface area (TPSA) is 62.5 Å². The molecule has 0 aliphatic heterocycles. The lowest BCUT2D eigenvalue weighted by molar-refractivity contribution is 0.0910. The molecular formula is C15H16BrNO3. The number of hydrogen-bond acceptors (Lipinski definition) is 3. The fraction of sp³-hybridized carbons (Fsp3) is 0.267. The lowest BCUT2D eigenvalue weighted by Gasteiger charge is -2.11. The zero-order chi connectivity index (χ0) is 14.4. The molecule has 1 atom stereocenters. The largest absolute Gasteiger partial charge is 0.457 e. The highest BCUT2D eigenvalue weighted by molar-refractivity contribution is 9.10. The van der Waals surface area contributed by atoms with Crippen LogP contribution in [0.4, 0.5) is 0 Å². The summed E-state index contributed by atoms with van der Waals surface area (Å²) in [5.41, 5.74) is 1.61. The van der Waals surface area contributed by atoms with Gasteiger partial charge in [-0.3, -0.25) is 4.79 Å². The molecule has 0 aliphatic carbocycles. The molecule has 2 rings (SSSR count). The normalized spacial score (nSPS) is 12.1. The fourth-order valence-corrected chi connectivity index (χ4v) is 2.16. The summed E-state index contributed by atoms with van der Waals surface area (Å²) < 4.78 is 5.50. The van der Waals surface area contributed by atoms with Crippen molar-refractivity contribution in [2.75, 3.05) is 6.54 Å². The molecular weight excluding hydrogens is 322 g/mol. The second kappa shape index (κ2) is 7.26. The van der Waals surface area contributed by atoms with Crippen molar-refractivity contribution in [1.29, 1.82) is 0 Å². The summed E-state index contributed by atoms with van der Waals surface area (Å²) >= 11 is 3.14. The van der Waals surface area contributed by atoms with Crippen LogP contribution in [0.25, 0.3) is 0 Å². The Morgan fingerprint density at radius 1 is 1.35 bits per heavy atom. The van der Waals surface area contributed by atoms with Gasteiger partial charge in [-0.05, 0) is 34.3 Å². The summed E-state index contributed by atoms with van der Waals surface area (Å²) in [6.07, 6.45) is 2.21. The third kappa shape index (κ3) is 4.51. The van der Waals surface area contributed by atoms with Crippen molar-refractivity contribution in [3.05, 3.63) is 58.5 Å². The molecule has 0 fully saturated rings. The zero-order valence-electron chi connectivity index (χ0n) is 10.9. The maximum atomic E-state index is 11.7. The average molecular weight is 338 g/mol. The number of halogens is 1. The molecule has 106 valence electrons. The summed E-state index contributed by atoms with van der Waals surface area (Å²) in [5, 5.41) is 12.5. The highest BCUT2D eigenvalue weighted by atomic mass is 79.9. The van der Waals surface area contributed by atoms with E-state index in [9.17, 15) is 9.90 Å². The van der Waals surface area contributed by atoms with Gasteiger partial charge in [0.25, 0.3) is 5.91 Å². The van der Waals surface area contributed by atoms with Crippen LogP contribution >= 0.6 is 15.9 Å². The number of amides is 1. The fourth-order valence-electron chi connectivity index (χ4n) is 1.82. The minimum Gasteiger partial charge on any atom is -0.457 e. The van der Waals surface area contributed by atoms with Gasteiger partial charge in [0, 0.05) is 12.6 Å². The Hall–Kier alpha value is -1.59. The Bertz CT molecular complexity index is 553. The molecule has 2 aromatic rings. The van der Waals surface area contributed by atoms with Crippen molar-refractivity contribution in [2.24, 2.45) is 0 Å². The third-order valence-electron chi connectivity index (χ3n) is 2.94. The van der Waals surface area contributed by atoms with Gasteiger partial charge in [0.15, 0.2) is 4.67 Å². The van der Waals surface area contributed by atoms with Crippen molar-refractivity contribution in [2.45, 2.75) is 18.9 Å². The van der Waals surface area contributed by atoms with E-state index in [0.717, 1.165) is 6.42 Å². The lowest BCUT2D eigenvalue weighted by atomic mass is 10.1. The number of carbonyl (C=O) groups is 1. The molecule has 0 bridgehead atoms. The Kier molecular flexibility index (Phi) is 5.38. The van der Waals surface area contributed by atoms with E-state index in [0.29, 0.717) is 16.7 Å². The molecule has 1 aromatic heterocycles. The molecule has 0 saturated heterocycles. The molecule has 0 saturated carbocycles. The van der Waals surface area contributed by atoms with Gasteiger partial charge in [-0.1, -0.05) is 30.3 Å². The molecule has 20 heavy (non-hydrogen) atoms. The lowest BCUT2D eigenvalue weighted by Crippen LogP contribution is -2.32. The minimum atomic E-state index is -0.561. The minimum absolute atomic E-state index is 0.231. The Morgan fingerprint density at radius 3 is 2.75 bits per heavy atom. The van der Waals surface area contributed by atoms with E-state index in [1.165, 1.54) is 11.8 Å².